The van der Waals surface area contributed by atoms with E-state index >= 15 is 0 Å². The molecule has 1 saturated heterocycles. The summed E-state index contributed by atoms with van der Waals surface area (Å²) in [5.74, 6) is -0.0478. The van der Waals surface area contributed by atoms with Crippen LogP contribution in [0.5, 0.6) is 17.2 Å². The van der Waals surface area contributed by atoms with Gasteiger partial charge >= 0.3 is 5.91 Å². The molecule has 5 rings (SSSR count). The van der Waals surface area contributed by atoms with Gasteiger partial charge in [-0.25, -0.2) is 4.98 Å². The summed E-state index contributed by atoms with van der Waals surface area (Å²) in [6, 6.07) is 16.6. The van der Waals surface area contributed by atoms with E-state index in [-0.39, 0.29) is 17.9 Å². The number of aryl methyl sites for hydroxylation is 1. The molecule has 9 heteroatoms. The van der Waals surface area contributed by atoms with Gasteiger partial charge in [-0.3, -0.25) is 14.5 Å². The molecule has 0 unspecified atom stereocenters. The fourth-order valence-corrected chi connectivity index (χ4v) is 5.60. The number of thiazole rings is 1. The third kappa shape index (κ3) is 4.72. The number of aromatic nitrogens is 1. The van der Waals surface area contributed by atoms with Crippen LogP contribution in [0.4, 0.5) is 5.13 Å². The number of methoxy groups -OCH3 is 2. The third-order valence-corrected chi connectivity index (χ3v) is 7.46. The summed E-state index contributed by atoms with van der Waals surface area (Å²) < 4.78 is 17.2. The molecular weight excluding hydrogens is 516 g/mol. The topological polar surface area (TPSA) is 98.2 Å². The van der Waals surface area contributed by atoms with Crippen LogP contribution in [0.2, 0.25) is 0 Å². The lowest BCUT2D eigenvalue weighted by Crippen LogP contribution is -2.29. The average molecular weight is 543 g/mol. The lowest BCUT2D eigenvalue weighted by molar-refractivity contribution is -0.132. The van der Waals surface area contributed by atoms with Gasteiger partial charge in [0.15, 0.2) is 5.13 Å². The van der Waals surface area contributed by atoms with E-state index in [1.807, 2.05) is 13.0 Å². The fourth-order valence-electron chi connectivity index (χ4n) is 4.58. The van der Waals surface area contributed by atoms with E-state index in [0.717, 1.165) is 10.3 Å². The van der Waals surface area contributed by atoms with Crippen molar-refractivity contribution in [1.29, 1.82) is 0 Å². The normalized spacial score (nSPS) is 16.5. The molecule has 0 aliphatic carbocycles. The second-order valence-corrected chi connectivity index (χ2v) is 9.86. The zero-order valence-corrected chi connectivity index (χ0v) is 22.5. The Morgan fingerprint density at radius 1 is 1.08 bits per heavy atom. The SMILES string of the molecule is C=CCOc1cccc([C@@H]2C(=C(O)c3ccc(OC)c(C)c3)C(=O)C(=O)N2c2nc3ccc(OC)cc3s2)c1. The Labute approximate surface area is 229 Å². The van der Waals surface area contributed by atoms with Gasteiger partial charge in [-0.15, -0.1) is 0 Å². The molecule has 198 valence electrons. The highest BCUT2D eigenvalue weighted by Gasteiger charge is 2.48. The van der Waals surface area contributed by atoms with Gasteiger partial charge in [0.25, 0.3) is 5.78 Å². The number of carbonyl (C=O) groups excluding carboxylic acids is 2. The van der Waals surface area contributed by atoms with Crippen molar-refractivity contribution in [2.24, 2.45) is 0 Å². The molecule has 2 heterocycles. The van der Waals surface area contributed by atoms with E-state index in [2.05, 4.69) is 11.6 Å². The largest absolute Gasteiger partial charge is 0.507 e. The molecule has 1 amide bonds. The quantitative estimate of drug-likeness (QED) is 0.130. The summed E-state index contributed by atoms with van der Waals surface area (Å²) in [5.41, 5.74) is 2.36. The second-order valence-electron chi connectivity index (χ2n) is 8.86. The van der Waals surface area contributed by atoms with Crippen LogP contribution >= 0.6 is 11.3 Å². The summed E-state index contributed by atoms with van der Waals surface area (Å²) in [6.07, 6.45) is 1.63. The molecule has 3 aromatic carbocycles. The van der Waals surface area contributed by atoms with Gasteiger partial charge in [-0.05, 0) is 66.6 Å². The number of hydrogen-bond donors (Lipinski definition) is 1. The van der Waals surface area contributed by atoms with Gasteiger partial charge in [0.2, 0.25) is 0 Å². The minimum absolute atomic E-state index is 0.0396. The summed E-state index contributed by atoms with van der Waals surface area (Å²) in [7, 11) is 3.13. The number of fused-ring (bicyclic) bond motifs is 1. The zero-order chi connectivity index (χ0) is 27.7. The Kier molecular flexibility index (Phi) is 7.08. The van der Waals surface area contributed by atoms with Crippen LogP contribution in [0.3, 0.4) is 0 Å². The maximum absolute atomic E-state index is 13.6. The molecule has 8 nitrogen and oxygen atoms in total. The number of aliphatic hydroxyl groups excluding tert-OH is 1. The minimum Gasteiger partial charge on any atom is -0.507 e. The lowest BCUT2D eigenvalue weighted by atomic mass is 9.94. The summed E-state index contributed by atoms with van der Waals surface area (Å²) in [4.78, 5) is 33.1. The molecule has 1 fully saturated rings. The number of nitrogens with zero attached hydrogens (tertiary/aromatic N) is 2. The molecular formula is C30H26N2O6S. The van der Waals surface area contributed by atoms with Crippen molar-refractivity contribution in [2.45, 2.75) is 13.0 Å². The van der Waals surface area contributed by atoms with Crippen molar-refractivity contribution in [3.8, 4) is 17.2 Å². The van der Waals surface area contributed by atoms with Gasteiger partial charge < -0.3 is 19.3 Å². The van der Waals surface area contributed by atoms with Crippen molar-refractivity contribution < 1.29 is 28.9 Å². The second kappa shape index (κ2) is 10.6. The average Bonchev–Trinajstić information content (AvgIpc) is 3.48. The standard InChI is InChI=1S/C30H26N2O6S/c1-5-13-38-21-8-6-7-18(15-21)26-25(27(33)19-9-12-23(37-4)17(2)14-19)28(34)29(35)32(26)30-31-22-11-10-20(36-3)16-24(22)39-30/h5-12,14-16,26,33H,1,13H2,2-4H3/t26-/m1/s1. The molecule has 0 spiro atoms. The van der Waals surface area contributed by atoms with Gasteiger partial charge in [0.05, 0.1) is 36.1 Å². The first-order valence-corrected chi connectivity index (χ1v) is 12.9. The molecule has 1 N–H and O–H groups in total. The summed E-state index contributed by atoms with van der Waals surface area (Å²) in [5, 5.41) is 11.8. The first-order chi connectivity index (χ1) is 18.9. The number of hydrogen-bond acceptors (Lipinski definition) is 8. The monoisotopic (exact) mass is 542 g/mol. The van der Waals surface area contributed by atoms with Gasteiger partial charge in [-0.2, -0.15) is 0 Å². The number of anilines is 1. The molecule has 0 saturated carbocycles. The number of rotatable bonds is 8. The van der Waals surface area contributed by atoms with E-state index in [4.69, 9.17) is 14.2 Å². The molecule has 1 aromatic heterocycles. The molecule has 0 radical (unpaired) electrons. The smallest absolute Gasteiger partial charge is 0.301 e. The van der Waals surface area contributed by atoms with Crippen LogP contribution in [-0.2, 0) is 9.59 Å². The molecule has 1 atom stereocenters. The lowest BCUT2D eigenvalue weighted by Gasteiger charge is -2.23. The van der Waals surface area contributed by atoms with Crippen molar-refractivity contribution in [2.75, 3.05) is 25.7 Å². The highest BCUT2D eigenvalue weighted by atomic mass is 32.1. The van der Waals surface area contributed by atoms with Gasteiger partial charge in [0, 0.05) is 5.56 Å². The summed E-state index contributed by atoms with van der Waals surface area (Å²) >= 11 is 1.26. The van der Waals surface area contributed by atoms with Crippen molar-refractivity contribution in [3.63, 3.8) is 0 Å². The van der Waals surface area contributed by atoms with Gasteiger partial charge in [0.1, 0.15) is 29.6 Å². The van der Waals surface area contributed by atoms with E-state index < -0.39 is 17.7 Å². The number of ether oxygens (including phenoxy) is 3. The van der Waals surface area contributed by atoms with Crippen LogP contribution in [0.1, 0.15) is 22.7 Å². The first kappa shape index (κ1) is 26.0. The molecule has 1 aliphatic heterocycles. The Balaban J connectivity index is 1.70. The maximum Gasteiger partial charge on any atom is 0.301 e. The van der Waals surface area contributed by atoms with Crippen LogP contribution in [0.15, 0.2) is 78.9 Å². The number of amides is 1. The molecule has 1 aliphatic rings. The number of carbonyl (C=O) groups is 2. The van der Waals surface area contributed by atoms with Crippen molar-refractivity contribution in [1.82, 2.24) is 4.98 Å². The molecule has 39 heavy (non-hydrogen) atoms. The highest BCUT2D eigenvalue weighted by Crippen LogP contribution is 2.45. The van der Waals surface area contributed by atoms with Crippen molar-refractivity contribution in [3.05, 3.63) is 95.6 Å². The molecule has 0 bridgehead atoms. The van der Waals surface area contributed by atoms with Crippen LogP contribution in [0, 0.1) is 6.92 Å². The predicted octanol–water partition coefficient (Wildman–Crippen LogP) is 5.81. The van der Waals surface area contributed by atoms with E-state index in [0.29, 0.717) is 39.0 Å². The Morgan fingerprint density at radius 2 is 1.90 bits per heavy atom. The highest BCUT2D eigenvalue weighted by molar-refractivity contribution is 7.22. The van der Waals surface area contributed by atoms with Crippen molar-refractivity contribution >= 4 is 44.1 Å². The maximum atomic E-state index is 13.6. The number of benzene rings is 3. The Bertz CT molecular complexity index is 1640. The number of Topliss-reactive ketones (excluding diaryl/α,β-unsaturated/α-hetero) is 1. The van der Waals surface area contributed by atoms with Crippen LogP contribution in [-0.4, -0.2) is 42.6 Å². The van der Waals surface area contributed by atoms with E-state index in [9.17, 15) is 14.7 Å². The number of ketones is 1. The molecule has 4 aromatic rings. The van der Waals surface area contributed by atoms with Crippen LogP contribution < -0.4 is 19.1 Å². The van der Waals surface area contributed by atoms with E-state index in [1.54, 1.807) is 74.9 Å². The van der Waals surface area contributed by atoms with Gasteiger partial charge in [-0.1, -0.05) is 36.1 Å². The fraction of sp³-hybridized carbons (Fsp3) is 0.167. The Morgan fingerprint density at radius 3 is 2.62 bits per heavy atom. The zero-order valence-electron chi connectivity index (χ0n) is 21.6. The van der Waals surface area contributed by atoms with Crippen LogP contribution in [0.25, 0.3) is 16.0 Å². The number of aliphatic hydroxyl groups is 1. The predicted molar refractivity (Wildman–Crippen MR) is 151 cm³/mol. The Hall–Kier alpha value is -4.63. The van der Waals surface area contributed by atoms with E-state index in [1.165, 1.54) is 16.2 Å². The first-order valence-electron chi connectivity index (χ1n) is 12.1. The third-order valence-electron chi connectivity index (χ3n) is 6.44. The summed E-state index contributed by atoms with van der Waals surface area (Å²) in [6.45, 7) is 5.80. The minimum atomic E-state index is -0.942.